The summed E-state index contributed by atoms with van der Waals surface area (Å²) in [6, 6.07) is 0.444. The van der Waals surface area contributed by atoms with E-state index in [0.29, 0.717) is 28.8 Å². The number of hydrogen-bond acceptors (Lipinski definition) is 7. The first-order valence-electron chi connectivity index (χ1n) is 6.93. The number of carbonyl (C=O) groups is 1. The highest BCUT2D eigenvalue weighted by molar-refractivity contribution is 7.99. The Hall–Kier alpha value is -1.08. The molecule has 110 valence electrons. The van der Waals surface area contributed by atoms with E-state index in [1.807, 2.05) is 0 Å². The van der Waals surface area contributed by atoms with Crippen LogP contribution in [0, 0.1) is 12.8 Å². The molecular weight excluding hydrogens is 278 g/mol. The summed E-state index contributed by atoms with van der Waals surface area (Å²) in [6.07, 6.45) is 4.40. The third-order valence-electron chi connectivity index (χ3n) is 3.79. The molecule has 2 aliphatic carbocycles. The first kappa shape index (κ1) is 13.9. The maximum absolute atomic E-state index is 12.3. The van der Waals surface area contributed by atoms with Crippen molar-refractivity contribution in [2.45, 2.75) is 49.4 Å². The summed E-state index contributed by atoms with van der Waals surface area (Å²) in [7, 11) is 1.45. The van der Waals surface area contributed by atoms with Gasteiger partial charge >= 0.3 is 5.97 Å². The Kier molecular flexibility index (Phi) is 3.72. The normalized spacial score (nSPS) is 21.5. The lowest BCUT2D eigenvalue weighted by atomic mass is 9.95. The van der Waals surface area contributed by atoms with Gasteiger partial charge in [-0.1, -0.05) is 11.8 Å². The summed E-state index contributed by atoms with van der Waals surface area (Å²) in [4.78, 5) is 12.3. The number of aromatic nitrogens is 2. The van der Waals surface area contributed by atoms with Gasteiger partial charge < -0.3 is 9.15 Å². The van der Waals surface area contributed by atoms with Gasteiger partial charge in [-0.15, -0.1) is 10.2 Å². The Morgan fingerprint density at radius 1 is 1.45 bits per heavy atom. The van der Waals surface area contributed by atoms with Crippen molar-refractivity contribution in [2.24, 2.45) is 5.92 Å². The number of thioether (sulfide) groups is 1. The van der Waals surface area contributed by atoms with Gasteiger partial charge in [-0.05, 0) is 31.6 Å². The van der Waals surface area contributed by atoms with Crippen molar-refractivity contribution in [3.8, 4) is 0 Å². The van der Waals surface area contributed by atoms with Crippen LogP contribution < -0.4 is 5.32 Å². The molecule has 1 unspecified atom stereocenters. The predicted molar refractivity (Wildman–Crippen MR) is 73.4 cm³/mol. The lowest BCUT2D eigenvalue weighted by Crippen LogP contribution is -2.57. The topological polar surface area (TPSA) is 77.2 Å². The molecule has 7 heteroatoms. The Bertz CT molecular complexity index is 499. The van der Waals surface area contributed by atoms with Gasteiger partial charge in [0.1, 0.15) is 5.54 Å². The van der Waals surface area contributed by atoms with Crippen LogP contribution in [0.4, 0.5) is 0 Å². The average molecular weight is 297 g/mol. The number of nitrogens with one attached hydrogen (secondary N) is 1. The van der Waals surface area contributed by atoms with Crippen molar-refractivity contribution in [2.75, 3.05) is 12.9 Å². The van der Waals surface area contributed by atoms with E-state index in [0.717, 1.165) is 25.7 Å². The molecule has 0 bridgehead atoms. The molecule has 1 heterocycles. The Labute approximate surface area is 122 Å². The van der Waals surface area contributed by atoms with Crippen molar-refractivity contribution in [3.05, 3.63) is 5.89 Å². The minimum absolute atomic E-state index is 0.171. The van der Waals surface area contributed by atoms with E-state index < -0.39 is 5.54 Å². The minimum Gasteiger partial charge on any atom is -0.468 e. The van der Waals surface area contributed by atoms with Crippen LogP contribution in [0.3, 0.4) is 0 Å². The molecule has 0 radical (unpaired) electrons. The highest BCUT2D eigenvalue weighted by atomic mass is 32.2. The Morgan fingerprint density at radius 2 is 2.20 bits per heavy atom. The van der Waals surface area contributed by atoms with Crippen LogP contribution in [-0.2, 0) is 9.53 Å². The van der Waals surface area contributed by atoms with E-state index in [1.165, 1.54) is 18.9 Å². The van der Waals surface area contributed by atoms with Crippen LogP contribution in [0.2, 0.25) is 0 Å². The molecule has 2 fully saturated rings. The van der Waals surface area contributed by atoms with Crippen LogP contribution in [0.15, 0.2) is 9.64 Å². The number of esters is 1. The molecule has 2 saturated carbocycles. The summed E-state index contributed by atoms with van der Waals surface area (Å²) in [5.41, 5.74) is -0.608. The maximum atomic E-state index is 12.3. The van der Waals surface area contributed by atoms with Gasteiger partial charge in [-0.2, -0.15) is 0 Å². The van der Waals surface area contributed by atoms with Crippen molar-refractivity contribution >= 4 is 17.7 Å². The van der Waals surface area contributed by atoms with Crippen LogP contribution >= 0.6 is 11.8 Å². The molecule has 1 atom stereocenters. The molecule has 0 aromatic carbocycles. The fourth-order valence-corrected chi connectivity index (χ4v) is 3.49. The first-order valence-corrected chi connectivity index (χ1v) is 7.91. The first-order chi connectivity index (χ1) is 9.64. The second-order valence-corrected chi connectivity index (χ2v) is 6.46. The van der Waals surface area contributed by atoms with E-state index >= 15 is 0 Å². The SMILES string of the molecule is COC(=O)C(CSc1nnc(C)o1)(NC1CC1)C1CC1. The predicted octanol–water partition coefficient (Wildman–Crippen LogP) is 1.54. The maximum Gasteiger partial charge on any atom is 0.327 e. The minimum atomic E-state index is -0.608. The summed E-state index contributed by atoms with van der Waals surface area (Å²) >= 11 is 1.43. The van der Waals surface area contributed by atoms with Gasteiger partial charge in [0.2, 0.25) is 5.89 Å². The molecule has 0 spiro atoms. The van der Waals surface area contributed by atoms with E-state index in [2.05, 4.69) is 15.5 Å². The van der Waals surface area contributed by atoms with E-state index in [1.54, 1.807) is 6.92 Å². The monoisotopic (exact) mass is 297 g/mol. The largest absolute Gasteiger partial charge is 0.468 e. The molecule has 1 aromatic rings. The van der Waals surface area contributed by atoms with Gasteiger partial charge in [0.25, 0.3) is 5.22 Å². The molecular formula is C13H19N3O3S. The molecule has 0 aliphatic heterocycles. The molecule has 20 heavy (non-hydrogen) atoms. The van der Waals surface area contributed by atoms with Gasteiger partial charge in [0, 0.05) is 18.7 Å². The molecule has 0 amide bonds. The summed E-state index contributed by atoms with van der Waals surface area (Å²) in [5.74, 6) is 1.29. The third-order valence-corrected chi connectivity index (χ3v) is 4.81. The van der Waals surface area contributed by atoms with Gasteiger partial charge in [0.05, 0.1) is 7.11 Å². The standard InChI is InChI=1S/C13H19N3O3S/c1-8-15-16-12(19-8)20-7-13(9-3-4-9,11(17)18-2)14-10-5-6-10/h9-10,14H,3-7H2,1-2H3. The van der Waals surface area contributed by atoms with Gasteiger partial charge in [-0.25, -0.2) is 0 Å². The fraction of sp³-hybridized carbons (Fsp3) is 0.769. The van der Waals surface area contributed by atoms with Crippen LogP contribution in [0.25, 0.3) is 0 Å². The van der Waals surface area contributed by atoms with E-state index in [4.69, 9.17) is 9.15 Å². The summed E-state index contributed by atoms with van der Waals surface area (Å²) in [6.45, 7) is 1.76. The molecule has 2 aliphatic rings. The molecule has 0 saturated heterocycles. The average Bonchev–Trinajstić information content (AvgIpc) is 3.34. The number of carbonyl (C=O) groups excluding carboxylic acids is 1. The van der Waals surface area contributed by atoms with E-state index in [-0.39, 0.29) is 5.97 Å². The Balaban J connectivity index is 1.74. The molecule has 1 N–H and O–H groups in total. The van der Waals surface area contributed by atoms with Gasteiger partial charge in [-0.3, -0.25) is 10.1 Å². The highest BCUT2D eigenvalue weighted by Crippen LogP contribution is 2.44. The number of aryl methyl sites for hydroxylation is 1. The smallest absolute Gasteiger partial charge is 0.327 e. The van der Waals surface area contributed by atoms with Crippen molar-refractivity contribution in [3.63, 3.8) is 0 Å². The number of methoxy groups -OCH3 is 1. The van der Waals surface area contributed by atoms with Crippen LogP contribution in [0.5, 0.6) is 0 Å². The zero-order chi connectivity index (χ0) is 14.2. The number of hydrogen-bond donors (Lipinski definition) is 1. The molecule has 6 nitrogen and oxygen atoms in total. The quantitative estimate of drug-likeness (QED) is 0.604. The Morgan fingerprint density at radius 3 is 2.70 bits per heavy atom. The third kappa shape index (κ3) is 2.83. The van der Waals surface area contributed by atoms with Crippen molar-refractivity contribution in [1.29, 1.82) is 0 Å². The fourth-order valence-electron chi connectivity index (χ4n) is 2.42. The second kappa shape index (κ2) is 5.37. The summed E-state index contributed by atoms with van der Waals surface area (Å²) < 4.78 is 10.4. The van der Waals surface area contributed by atoms with Crippen molar-refractivity contribution < 1.29 is 13.9 Å². The van der Waals surface area contributed by atoms with Crippen LogP contribution in [0.1, 0.15) is 31.6 Å². The van der Waals surface area contributed by atoms with Gasteiger partial charge in [0.15, 0.2) is 0 Å². The summed E-state index contributed by atoms with van der Waals surface area (Å²) in [5, 5.41) is 11.8. The van der Waals surface area contributed by atoms with E-state index in [9.17, 15) is 4.79 Å². The molecule has 1 aromatic heterocycles. The highest BCUT2D eigenvalue weighted by Gasteiger charge is 2.54. The zero-order valence-corrected chi connectivity index (χ0v) is 12.5. The lowest BCUT2D eigenvalue weighted by Gasteiger charge is -2.31. The second-order valence-electron chi connectivity index (χ2n) is 5.53. The zero-order valence-electron chi connectivity index (χ0n) is 11.7. The van der Waals surface area contributed by atoms with Crippen LogP contribution in [-0.4, -0.2) is 40.6 Å². The lowest BCUT2D eigenvalue weighted by molar-refractivity contribution is -0.148. The number of rotatable bonds is 7. The van der Waals surface area contributed by atoms with Crippen molar-refractivity contribution in [1.82, 2.24) is 15.5 Å². The number of nitrogens with zero attached hydrogens (tertiary/aromatic N) is 2. The number of ether oxygens (including phenoxy) is 1. The molecule has 3 rings (SSSR count).